The molecule has 0 rings (SSSR count). The first-order valence-corrected chi connectivity index (χ1v) is 4.94. The molecule has 0 fully saturated rings. The Kier molecular flexibility index (Phi) is 4.58. The van der Waals surface area contributed by atoms with E-state index in [1.54, 1.807) is 20.9 Å². The molecule has 0 aliphatic carbocycles. The monoisotopic (exact) mass is 181 g/mol. The smallest absolute Gasteiger partial charge is 0.278 e. The van der Waals surface area contributed by atoms with Gasteiger partial charge in [0.15, 0.2) is 0 Å². The van der Waals surface area contributed by atoms with Crippen LogP contribution < -0.4 is 14.8 Å². The fourth-order valence-electron chi connectivity index (χ4n) is 0.523. The average Bonchev–Trinajstić information content (AvgIpc) is 1.86. The lowest BCUT2D eigenvalue weighted by atomic mass is 10.6. The SMILES string of the molecule is CCNS(=O)(=O)NC(C)NC. The first-order valence-electron chi connectivity index (χ1n) is 3.46. The zero-order chi connectivity index (χ0) is 8.91. The molecule has 11 heavy (non-hydrogen) atoms. The van der Waals surface area contributed by atoms with Crippen molar-refractivity contribution in [2.45, 2.75) is 20.0 Å². The van der Waals surface area contributed by atoms with Crippen LogP contribution in [-0.2, 0) is 10.2 Å². The van der Waals surface area contributed by atoms with Crippen molar-refractivity contribution < 1.29 is 8.42 Å². The van der Waals surface area contributed by atoms with Crippen molar-refractivity contribution in [2.24, 2.45) is 0 Å². The molecule has 0 amide bonds. The highest BCUT2D eigenvalue weighted by Gasteiger charge is 2.09. The fraction of sp³-hybridized carbons (Fsp3) is 1.00. The predicted molar refractivity (Wildman–Crippen MR) is 44.3 cm³/mol. The third kappa shape index (κ3) is 5.14. The molecular formula is C5H15N3O2S. The normalized spacial score (nSPS) is 14.8. The number of hydrogen-bond donors (Lipinski definition) is 3. The van der Waals surface area contributed by atoms with Crippen molar-refractivity contribution in [3.63, 3.8) is 0 Å². The summed E-state index contributed by atoms with van der Waals surface area (Å²) in [5, 5.41) is 2.75. The van der Waals surface area contributed by atoms with Crippen molar-refractivity contribution >= 4 is 10.2 Å². The van der Waals surface area contributed by atoms with Gasteiger partial charge < -0.3 is 5.32 Å². The van der Waals surface area contributed by atoms with Crippen molar-refractivity contribution in [3.05, 3.63) is 0 Å². The molecule has 5 nitrogen and oxygen atoms in total. The highest BCUT2D eigenvalue weighted by molar-refractivity contribution is 7.87. The molecule has 1 unspecified atom stereocenters. The Balaban J connectivity index is 3.92. The summed E-state index contributed by atoms with van der Waals surface area (Å²) in [4.78, 5) is 0. The summed E-state index contributed by atoms with van der Waals surface area (Å²) in [5.74, 6) is 0. The Labute approximate surface area is 67.7 Å². The summed E-state index contributed by atoms with van der Waals surface area (Å²) in [7, 11) is -1.63. The van der Waals surface area contributed by atoms with Crippen LogP contribution in [0.3, 0.4) is 0 Å². The summed E-state index contributed by atoms with van der Waals surface area (Å²) in [6.07, 6.45) is -0.251. The molecule has 0 saturated heterocycles. The second kappa shape index (κ2) is 4.66. The summed E-state index contributed by atoms with van der Waals surface area (Å²) in [6.45, 7) is 3.84. The maximum absolute atomic E-state index is 10.9. The molecule has 0 spiro atoms. The molecule has 0 bridgehead atoms. The number of rotatable bonds is 5. The zero-order valence-corrected chi connectivity index (χ0v) is 7.83. The van der Waals surface area contributed by atoms with Crippen molar-refractivity contribution in [1.29, 1.82) is 0 Å². The van der Waals surface area contributed by atoms with Gasteiger partial charge in [0.1, 0.15) is 0 Å². The first kappa shape index (κ1) is 10.8. The highest BCUT2D eigenvalue weighted by atomic mass is 32.2. The van der Waals surface area contributed by atoms with Gasteiger partial charge in [-0.3, -0.25) is 0 Å². The Hall–Kier alpha value is -0.170. The minimum atomic E-state index is -3.31. The molecule has 0 aromatic rings. The summed E-state index contributed by atoms with van der Waals surface area (Å²) >= 11 is 0. The molecule has 3 N–H and O–H groups in total. The van der Waals surface area contributed by atoms with Crippen molar-refractivity contribution in [3.8, 4) is 0 Å². The van der Waals surface area contributed by atoms with E-state index in [1.807, 2.05) is 0 Å². The highest BCUT2D eigenvalue weighted by Crippen LogP contribution is 1.79. The molecule has 0 aliphatic rings. The van der Waals surface area contributed by atoms with Gasteiger partial charge in [-0.05, 0) is 14.0 Å². The van der Waals surface area contributed by atoms with Gasteiger partial charge in [0.2, 0.25) is 0 Å². The van der Waals surface area contributed by atoms with Gasteiger partial charge in [-0.1, -0.05) is 6.92 Å². The van der Waals surface area contributed by atoms with Crippen LogP contribution in [0.2, 0.25) is 0 Å². The molecule has 0 aromatic carbocycles. The van der Waals surface area contributed by atoms with Gasteiger partial charge in [-0.2, -0.15) is 13.1 Å². The molecule has 6 heteroatoms. The molecule has 0 heterocycles. The van der Waals surface area contributed by atoms with E-state index in [0.29, 0.717) is 6.54 Å². The predicted octanol–water partition coefficient (Wildman–Crippen LogP) is -1.00. The van der Waals surface area contributed by atoms with E-state index >= 15 is 0 Å². The van der Waals surface area contributed by atoms with Crippen LogP contribution in [0.1, 0.15) is 13.8 Å². The van der Waals surface area contributed by atoms with Crippen molar-refractivity contribution in [2.75, 3.05) is 13.6 Å². The van der Waals surface area contributed by atoms with E-state index in [-0.39, 0.29) is 6.17 Å². The molecule has 0 aromatic heterocycles. The van der Waals surface area contributed by atoms with Crippen LogP contribution in [-0.4, -0.2) is 28.2 Å². The zero-order valence-electron chi connectivity index (χ0n) is 7.01. The Morgan fingerprint density at radius 3 is 2.36 bits per heavy atom. The standard InChI is InChI=1S/C5H15N3O2S/c1-4-7-11(9,10)8-5(2)6-3/h5-8H,4H2,1-3H3. The van der Waals surface area contributed by atoms with E-state index in [9.17, 15) is 8.42 Å². The molecule has 0 radical (unpaired) electrons. The van der Waals surface area contributed by atoms with Crippen LogP contribution >= 0.6 is 0 Å². The van der Waals surface area contributed by atoms with E-state index in [0.717, 1.165) is 0 Å². The van der Waals surface area contributed by atoms with Crippen LogP contribution in [0, 0.1) is 0 Å². The molecule has 0 aliphatic heterocycles. The van der Waals surface area contributed by atoms with E-state index in [4.69, 9.17) is 0 Å². The largest absolute Gasteiger partial charge is 0.304 e. The minimum absolute atomic E-state index is 0.251. The Morgan fingerprint density at radius 2 is 2.00 bits per heavy atom. The van der Waals surface area contributed by atoms with E-state index < -0.39 is 10.2 Å². The van der Waals surface area contributed by atoms with Gasteiger partial charge in [-0.25, -0.2) is 4.72 Å². The van der Waals surface area contributed by atoms with Gasteiger partial charge in [0.25, 0.3) is 10.2 Å². The number of nitrogens with one attached hydrogen (secondary N) is 3. The topological polar surface area (TPSA) is 70.2 Å². The third-order valence-corrected chi connectivity index (χ3v) is 2.43. The lowest BCUT2D eigenvalue weighted by Gasteiger charge is -2.12. The van der Waals surface area contributed by atoms with E-state index in [1.165, 1.54) is 0 Å². The second-order valence-electron chi connectivity index (χ2n) is 2.13. The van der Waals surface area contributed by atoms with Crippen LogP contribution in [0.25, 0.3) is 0 Å². The maximum Gasteiger partial charge on any atom is 0.278 e. The van der Waals surface area contributed by atoms with Gasteiger partial charge in [0.05, 0.1) is 6.17 Å². The van der Waals surface area contributed by atoms with Crippen LogP contribution in [0.4, 0.5) is 0 Å². The Morgan fingerprint density at radius 1 is 1.45 bits per heavy atom. The summed E-state index contributed by atoms with van der Waals surface area (Å²) < 4.78 is 26.5. The third-order valence-electron chi connectivity index (χ3n) is 1.10. The maximum atomic E-state index is 10.9. The summed E-state index contributed by atoms with van der Waals surface area (Å²) in [6, 6.07) is 0. The molecule has 0 saturated carbocycles. The number of hydrogen-bond acceptors (Lipinski definition) is 3. The molecule has 1 atom stereocenters. The van der Waals surface area contributed by atoms with Gasteiger partial charge >= 0.3 is 0 Å². The van der Waals surface area contributed by atoms with Gasteiger partial charge in [-0.15, -0.1) is 0 Å². The van der Waals surface area contributed by atoms with E-state index in [2.05, 4.69) is 14.8 Å². The lowest BCUT2D eigenvalue weighted by Crippen LogP contribution is -2.46. The van der Waals surface area contributed by atoms with Crippen LogP contribution in [0.15, 0.2) is 0 Å². The van der Waals surface area contributed by atoms with Crippen molar-refractivity contribution in [1.82, 2.24) is 14.8 Å². The quantitative estimate of drug-likeness (QED) is 0.476. The average molecular weight is 181 g/mol. The van der Waals surface area contributed by atoms with Crippen LogP contribution in [0.5, 0.6) is 0 Å². The summed E-state index contributed by atoms with van der Waals surface area (Å²) in [5.41, 5.74) is 0. The molecular weight excluding hydrogens is 166 g/mol. The Bertz CT molecular complexity index is 190. The fourth-order valence-corrected chi connectivity index (χ4v) is 1.57. The first-order chi connectivity index (χ1) is 5.02. The minimum Gasteiger partial charge on any atom is -0.304 e. The lowest BCUT2D eigenvalue weighted by molar-refractivity contribution is 0.524. The molecule has 68 valence electrons. The van der Waals surface area contributed by atoms with Gasteiger partial charge in [0, 0.05) is 6.54 Å². The second-order valence-corrected chi connectivity index (χ2v) is 3.66.